The number of hydrogen-bond donors (Lipinski definition) is 1. The summed E-state index contributed by atoms with van der Waals surface area (Å²) in [6.07, 6.45) is 3.27. The van der Waals surface area contributed by atoms with E-state index in [4.69, 9.17) is 0 Å². The van der Waals surface area contributed by atoms with Gasteiger partial charge in [0, 0.05) is 42.9 Å². The van der Waals surface area contributed by atoms with Crippen molar-refractivity contribution in [2.75, 3.05) is 26.7 Å². The van der Waals surface area contributed by atoms with Gasteiger partial charge in [-0.05, 0) is 50.8 Å². The fourth-order valence-corrected chi connectivity index (χ4v) is 4.66. The summed E-state index contributed by atoms with van der Waals surface area (Å²) in [5.41, 5.74) is 0. The highest BCUT2D eigenvalue weighted by Gasteiger charge is 2.30. The molecule has 5 nitrogen and oxygen atoms in total. The lowest BCUT2D eigenvalue weighted by molar-refractivity contribution is -0.137. The van der Waals surface area contributed by atoms with E-state index in [0.717, 1.165) is 45.4 Å². The standard InChI is InChI=1S/C18H27N3O2S/c1-13-6-7-15(24-13)12-21-9-8-14(11-21)10-20(2)18(23)16-4-3-5-17(22)19-16/h6-7,14,16H,3-5,8-12H2,1-2H3,(H,19,22). The van der Waals surface area contributed by atoms with Gasteiger partial charge in [0.05, 0.1) is 0 Å². The Morgan fingerprint density at radius 1 is 1.42 bits per heavy atom. The highest BCUT2D eigenvalue weighted by Crippen LogP contribution is 2.23. The monoisotopic (exact) mass is 349 g/mol. The minimum atomic E-state index is -0.317. The van der Waals surface area contributed by atoms with Crippen molar-refractivity contribution in [1.29, 1.82) is 0 Å². The Balaban J connectivity index is 1.46. The lowest BCUT2D eigenvalue weighted by Crippen LogP contribution is -2.50. The summed E-state index contributed by atoms with van der Waals surface area (Å²) in [7, 11) is 1.87. The molecule has 2 aliphatic heterocycles. The van der Waals surface area contributed by atoms with E-state index in [1.807, 2.05) is 23.3 Å². The molecule has 6 heteroatoms. The molecule has 0 aliphatic carbocycles. The van der Waals surface area contributed by atoms with Crippen LogP contribution < -0.4 is 5.32 Å². The van der Waals surface area contributed by atoms with Gasteiger partial charge in [-0.3, -0.25) is 14.5 Å². The first-order valence-electron chi connectivity index (χ1n) is 8.83. The Morgan fingerprint density at radius 3 is 2.96 bits per heavy atom. The van der Waals surface area contributed by atoms with Crippen LogP contribution in [0.2, 0.25) is 0 Å². The Hall–Kier alpha value is -1.40. The van der Waals surface area contributed by atoms with E-state index >= 15 is 0 Å². The summed E-state index contributed by atoms with van der Waals surface area (Å²) in [6.45, 7) is 6.09. The zero-order valence-electron chi connectivity index (χ0n) is 14.6. The fraction of sp³-hybridized carbons (Fsp3) is 0.667. The molecular formula is C18H27N3O2S. The van der Waals surface area contributed by atoms with Gasteiger partial charge in [-0.1, -0.05) is 0 Å². The second-order valence-corrected chi connectivity index (χ2v) is 8.51. The van der Waals surface area contributed by atoms with Gasteiger partial charge < -0.3 is 10.2 Å². The maximum absolute atomic E-state index is 12.5. The summed E-state index contributed by atoms with van der Waals surface area (Å²) in [4.78, 5) is 31.1. The first kappa shape index (κ1) is 17.4. The summed E-state index contributed by atoms with van der Waals surface area (Å²) in [6, 6.07) is 4.08. The van der Waals surface area contributed by atoms with E-state index < -0.39 is 0 Å². The molecule has 3 rings (SSSR count). The van der Waals surface area contributed by atoms with Gasteiger partial charge in [0.25, 0.3) is 0 Å². The van der Waals surface area contributed by atoms with Crippen molar-refractivity contribution in [3.05, 3.63) is 21.9 Å². The van der Waals surface area contributed by atoms with Crippen LogP contribution in [0.3, 0.4) is 0 Å². The number of nitrogens with zero attached hydrogens (tertiary/aromatic N) is 2. The number of carbonyl (C=O) groups is 2. The second-order valence-electron chi connectivity index (χ2n) is 7.13. The lowest BCUT2D eigenvalue weighted by atomic mass is 10.0. The smallest absolute Gasteiger partial charge is 0.244 e. The molecule has 2 saturated heterocycles. The van der Waals surface area contributed by atoms with E-state index in [1.54, 1.807) is 0 Å². The Labute approximate surface area is 148 Å². The van der Waals surface area contributed by atoms with Crippen LogP contribution in [0.5, 0.6) is 0 Å². The summed E-state index contributed by atoms with van der Waals surface area (Å²) in [5, 5.41) is 2.83. The average Bonchev–Trinajstić information content (AvgIpc) is 3.16. The van der Waals surface area contributed by atoms with Gasteiger partial charge in [-0.25, -0.2) is 0 Å². The number of amides is 2. The van der Waals surface area contributed by atoms with Crippen molar-refractivity contribution < 1.29 is 9.59 Å². The molecule has 2 fully saturated rings. The van der Waals surface area contributed by atoms with Crippen LogP contribution in [-0.4, -0.2) is 54.3 Å². The van der Waals surface area contributed by atoms with Gasteiger partial charge in [0.2, 0.25) is 11.8 Å². The van der Waals surface area contributed by atoms with Gasteiger partial charge in [-0.2, -0.15) is 0 Å². The van der Waals surface area contributed by atoms with Crippen molar-refractivity contribution >= 4 is 23.2 Å². The third kappa shape index (κ3) is 4.36. The second kappa shape index (κ2) is 7.66. The summed E-state index contributed by atoms with van der Waals surface area (Å²) < 4.78 is 0. The van der Waals surface area contributed by atoms with Crippen molar-refractivity contribution in [3.8, 4) is 0 Å². The summed E-state index contributed by atoms with van der Waals surface area (Å²) >= 11 is 1.87. The van der Waals surface area contributed by atoms with Crippen LogP contribution in [0.25, 0.3) is 0 Å². The van der Waals surface area contributed by atoms with Crippen LogP contribution in [0.15, 0.2) is 12.1 Å². The Bertz CT molecular complexity index is 601. The number of thiophene rings is 1. The number of hydrogen-bond acceptors (Lipinski definition) is 4. The zero-order chi connectivity index (χ0) is 17.1. The van der Waals surface area contributed by atoms with E-state index in [-0.39, 0.29) is 17.9 Å². The molecule has 1 N–H and O–H groups in total. The number of rotatable bonds is 5. The fourth-order valence-electron chi connectivity index (χ4n) is 3.73. The molecule has 0 radical (unpaired) electrons. The number of likely N-dealkylation sites (tertiary alicyclic amines) is 1. The minimum absolute atomic E-state index is 0.00582. The van der Waals surface area contributed by atoms with Gasteiger partial charge in [0.15, 0.2) is 0 Å². The maximum Gasteiger partial charge on any atom is 0.244 e. The highest BCUT2D eigenvalue weighted by molar-refractivity contribution is 7.11. The van der Waals surface area contributed by atoms with E-state index in [9.17, 15) is 9.59 Å². The largest absolute Gasteiger partial charge is 0.344 e. The van der Waals surface area contributed by atoms with E-state index in [2.05, 4.69) is 29.3 Å². The van der Waals surface area contributed by atoms with Crippen molar-refractivity contribution in [2.45, 2.75) is 45.2 Å². The molecule has 0 bridgehead atoms. The third-order valence-corrected chi connectivity index (χ3v) is 5.97. The molecule has 1 aromatic rings. The van der Waals surface area contributed by atoms with Crippen LogP contribution in [0.1, 0.15) is 35.4 Å². The maximum atomic E-state index is 12.5. The lowest BCUT2D eigenvalue weighted by Gasteiger charge is -2.28. The minimum Gasteiger partial charge on any atom is -0.344 e. The number of piperidine rings is 1. The van der Waals surface area contributed by atoms with E-state index in [0.29, 0.717) is 12.3 Å². The molecule has 2 unspecified atom stereocenters. The molecule has 0 spiro atoms. The molecule has 2 aliphatic rings. The molecule has 1 aromatic heterocycles. The molecule has 24 heavy (non-hydrogen) atoms. The van der Waals surface area contributed by atoms with Crippen molar-refractivity contribution in [3.63, 3.8) is 0 Å². The van der Waals surface area contributed by atoms with Crippen molar-refractivity contribution in [2.24, 2.45) is 5.92 Å². The summed E-state index contributed by atoms with van der Waals surface area (Å²) in [5.74, 6) is 0.598. The van der Waals surface area contributed by atoms with E-state index in [1.165, 1.54) is 9.75 Å². The Kier molecular flexibility index (Phi) is 5.56. The molecule has 3 heterocycles. The SMILES string of the molecule is Cc1ccc(CN2CCC(CN(C)C(=O)C3CCCC(=O)N3)C2)s1. The molecule has 0 saturated carbocycles. The topological polar surface area (TPSA) is 52.7 Å². The first-order valence-corrected chi connectivity index (χ1v) is 9.65. The van der Waals surface area contributed by atoms with Crippen LogP contribution in [0, 0.1) is 12.8 Å². The predicted octanol–water partition coefficient (Wildman–Crippen LogP) is 2.01. The number of likely N-dealkylation sites (N-methyl/N-ethyl adjacent to an activating group) is 1. The molecule has 2 atom stereocenters. The Morgan fingerprint density at radius 2 is 2.25 bits per heavy atom. The zero-order valence-corrected chi connectivity index (χ0v) is 15.4. The average molecular weight is 350 g/mol. The van der Waals surface area contributed by atoms with Gasteiger partial charge in [0.1, 0.15) is 6.04 Å². The van der Waals surface area contributed by atoms with Crippen LogP contribution in [-0.2, 0) is 16.1 Å². The van der Waals surface area contributed by atoms with Crippen molar-refractivity contribution in [1.82, 2.24) is 15.1 Å². The number of carbonyl (C=O) groups excluding carboxylic acids is 2. The predicted molar refractivity (Wildman–Crippen MR) is 95.9 cm³/mol. The van der Waals surface area contributed by atoms with Gasteiger partial charge in [-0.15, -0.1) is 11.3 Å². The number of aryl methyl sites for hydroxylation is 1. The van der Waals surface area contributed by atoms with Crippen LogP contribution in [0.4, 0.5) is 0 Å². The normalized spacial score (nSPS) is 24.8. The molecule has 132 valence electrons. The highest BCUT2D eigenvalue weighted by atomic mass is 32.1. The number of nitrogens with one attached hydrogen (secondary N) is 1. The molecule has 0 aromatic carbocycles. The van der Waals surface area contributed by atoms with Gasteiger partial charge >= 0.3 is 0 Å². The molecular weight excluding hydrogens is 322 g/mol. The quantitative estimate of drug-likeness (QED) is 0.885. The van der Waals surface area contributed by atoms with Crippen LogP contribution >= 0.6 is 11.3 Å². The third-order valence-electron chi connectivity index (χ3n) is 4.98. The first-order chi connectivity index (χ1) is 11.5. The molecule has 2 amide bonds.